The van der Waals surface area contributed by atoms with Crippen molar-refractivity contribution in [1.82, 2.24) is 25.1 Å². The van der Waals surface area contributed by atoms with Crippen molar-refractivity contribution in [2.24, 2.45) is 7.05 Å². The average Bonchev–Trinajstić information content (AvgIpc) is 3.42. The highest BCUT2D eigenvalue weighted by Crippen LogP contribution is 2.36. The zero-order chi connectivity index (χ0) is 20.4. The molecule has 2 unspecified atom stereocenters. The van der Waals surface area contributed by atoms with Gasteiger partial charge in [0, 0.05) is 49.4 Å². The summed E-state index contributed by atoms with van der Waals surface area (Å²) in [6.07, 6.45) is 8.57. The summed E-state index contributed by atoms with van der Waals surface area (Å²) < 4.78 is 17.2. The van der Waals surface area contributed by atoms with Gasteiger partial charge in [0.2, 0.25) is 0 Å². The Morgan fingerprint density at radius 3 is 2.80 bits per heavy atom. The molecule has 2 saturated heterocycles. The number of hydrogen-bond donors (Lipinski definition) is 1. The minimum atomic E-state index is -0.324. The van der Waals surface area contributed by atoms with Crippen LogP contribution in [0.3, 0.4) is 0 Å². The summed E-state index contributed by atoms with van der Waals surface area (Å²) in [5, 5.41) is 9.70. The number of fused-ring (bicyclic) bond motifs is 4. The lowest BCUT2D eigenvalue weighted by atomic mass is 9.99. The molecule has 0 saturated carbocycles. The predicted octanol–water partition coefficient (Wildman–Crippen LogP) is 4.10. The van der Waals surface area contributed by atoms with Crippen LogP contribution in [0.2, 0.25) is 0 Å². The maximum absolute atomic E-state index is 14.5. The summed E-state index contributed by atoms with van der Waals surface area (Å²) in [6.45, 7) is 0. The Balaban J connectivity index is 1.33. The second-order valence-electron chi connectivity index (χ2n) is 8.61. The molecule has 154 valence electrons. The summed E-state index contributed by atoms with van der Waals surface area (Å²) in [5.74, 6) is -0.324. The minimum Gasteiger partial charge on any atom is -0.348 e. The maximum atomic E-state index is 14.5. The lowest BCUT2D eigenvalue weighted by molar-refractivity contribution is 0.354. The molecule has 2 aliphatic heterocycles. The number of nitrogens with zero attached hydrogens (tertiary/aromatic N) is 5. The van der Waals surface area contributed by atoms with E-state index in [0.717, 1.165) is 32.0 Å². The Labute approximate surface area is 177 Å². The minimum absolute atomic E-state index is 0.324. The predicted molar refractivity (Wildman–Crippen MR) is 118 cm³/mol. The molecule has 3 aromatic heterocycles. The molecule has 4 aromatic rings. The van der Waals surface area contributed by atoms with Crippen LogP contribution < -0.4 is 10.2 Å². The third-order valence-electron chi connectivity index (χ3n) is 6.53. The fraction of sp³-hybridized carbons (Fsp3) is 0.409. The van der Waals surface area contributed by atoms with Crippen molar-refractivity contribution in [3.05, 3.63) is 36.4 Å². The molecule has 2 aliphatic rings. The van der Waals surface area contributed by atoms with Crippen LogP contribution in [0.1, 0.15) is 25.7 Å². The van der Waals surface area contributed by atoms with E-state index in [-0.39, 0.29) is 5.82 Å². The Bertz CT molecular complexity index is 1250. The molecule has 6 rings (SSSR count). The smallest absolute Gasteiger partial charge is 0.186 e. The van der Waals surface area contributed by atoms with Gasteiger partial charge in [-0.2, -0.15) is 5.10 Å². The van der Waals surface area contributed by atoms with E-state index in [1.54, 1.807) is 29.3 Å². The highest BCUT2D eigenvalue weighted by Gasteiger charge is 2.35. The molecule has 0 amide bonds. The molecule has 0 aliphatic carbocycles. The van der Waals surface area contributed by atoms with Crippen molar-refractivity contribution in [3.8, 4) is 11.3 Å². The molecule has 8 heteroatoms. The summed E-state index contributed by atoms with van der Waals surface area (Å²) in [4.78, 5) is 11.8. The number of halogens is 1. The topological polar surface area (TPSA) is 58.9 Å². The number of rotatable bonds is 3. The van der Waals surface area contributed by atoms with Gasteiger partial charge in [-0.3, -0.25) is 9.67 Å². The van der Waals surface area contributed by atoms with Gasteiger partial charge in [-0.15, -0.1) is 0 Å². The van der Waals surface area contributed by atoms with Crippen LogP contribution in [-0.2, 0) is 7.05 Å². The number of piperidine rings is 1. The quantitative estimate of drug-likeness (QED) is 0.539. The SMILES string of the molecule is CN(c1nc2cnc(-c3cc(F)c4nn(C)cc4c3)cc2s1)C1CC2CCC(C1)N2. The van der Waals surface area contributed by atoms with E-state index in [4.69, 9.17) is 4.98 Å². The monoisotopic (exact) mass is 422 g/mol. The van der Waals surface area contributed by atoms with Gasteiger partial charge >= 0.3 is 0 Å². The van der Waals surface area contributed by atoms with Gasteiger partial charge < -0.3 is 10.2 Å². The summed E-state index contributed by atoms with van der Waals surface area (Å²) in [5.41, 5.74) is 2.79. The van der Waals surface area contributed by atoms with Gasteiger partial charge in [-0.05, 0) is 43.9 Å². The van der Waals surface area contributed by atoms with E-state index in [9.17, 15) is 4.39 Å². The first kappa shape index (κ1) is 18.2. The first-order valence-corrected chi connectivity index (χ1v) is 11.2. The van der Waals surface area contributed by atoms with Gasteiger partial charge in [-0.1, -0.05) is 11.3 Å². The highest BCUT2D eigenvalue weighted by atomic mass is 32.1. The van der Waals surface area contributed by atoms with Crippen LogP contribution in [0.5, 0.6) is 0 Å². The normalized spacial score (nSPS) is 23.5. The molecule has 0 spiro atoms. The Morgan fingerprint density at radius 2 is 2.00 bits per heavy atom. The number of aryl methyl sites for hydroxylation is 1. The van der Waals surface area contributed by atoms with Crippen LogP contribution in [0.4, 0.5) is 9.52 Å². The van der Waals surface area contributed by atoms with E-state index in [1.165, 1.54) is 31.7 Å². The summed E-state index contributed by atoms with van der Waals surface area (Å²) >= 11 is 1.69. The standard InChI is InChI=1S/C22H23FN6S/c1-28-11-13-5-12(6-17(23)21(13)27-28)18-9-20-19(10-24-18)26-22(30-20)29(2)16-7-14-3-4-15(8-16)25-14/h5-6,9-11,14-16,25H,3-4,7-8H2,1-2H3. The van der Waals surface area contributed by atoms with Crippen molar-refractivity contribution >= 4 is 37.6 Å². The van der Waals surface area contributed by atoms with Crippen molar-refractivity contribution in [2.75, 3.05) is 11.9 Å². The molecule has 0 radical (unpaired) electrons. The van der Waals surface area contributed by atoms with Crippen LogP contribution >= 0.6 is 11.3 Å². The average molecular weight is 423 g/mol. The lowest BCUT2D eigenvalue weighted by Crippen LogP contribution is -2.47. The Morgan fingerprint density at radius 1 is 1.20 bits per heavy atom. The van der Waals surface area contributed by atoms with Crippen LogP contribution in [0.25, 0.3) is 32.4 Å². The van der Waals surface area contributed by atoms with E-state index in [0.29, 0.717) is 23.6 Å². The molecule has 1 N–H and O–H groups in total. The first-order valence-electron chi connectivity index (χ1n) is 10.4. The second kappa shape index (κ2) is 6.72. The molecule has 30 heavy (non-hydrogen) atoms. The molecular weight excluding hydrogens is 399 g/mol. The van der Waals surface area contributed by atoms with Crippen LogP contribution in [-0.4, -0.2) is 44.9 Å². The zero-order valence-corrected chi connectivity index (χ0v) is 17.8. The van der Waals surface area contributed by atoms with E-state index in [1.807, 2.05) is 18.3 Å². The number of nitrogens with one attached hydrogen (secondary N) is 1. The van der Waals surface area contributed by atoms with Crippen molar-refractivity contribution in [2.45, 2.75) is 43.8 Å². The fourth-order valence-corrected chi connectivity index (χ4v) is 6.00. The molecule has 2 atom stereocenters. The van der Waals surface area contributed by atoms with Crippen molar-refractivity contribution < 1.29 is 4.39 Å². The molecule has 2 bridgehead atoms. The number of hydrogen-bond acceptors (Lipinski definition) is 6. The van der Waals surface area contributed by atoms with E-state index >= 15 is 0 Å². The van der Waals surface area contributed by atoms with Crippen molar-refractivity contribution in [3.63, 3.8) is 0 Å². The third kappa shape index (κ3) is 2.97. The molecular formula is C22H23FN6S. The molecule has 1 aromatic carbocycles. The fourth-order valence-electron chi connectivity index (χ4n) is 4.99. The van der Waals surface area contributed by atoms with E-state index in [2.05, 4.69) is 27.3 Å². The van der Waals surface area contributed by atoms with E-state index < -0.39 is 0 Å². The lowest BCUT2D eigenvalue weighted by Gasteiger charge is -2.35. The third-order valence-corrected chi connectivity index (χ3v) is 7.64. The first-order chi connectivity index (χ1) is 14.5. The maximum Gasteiger partial charge on any atom is 0.186 e. The Kier molecular flexibility index (Phi) is 4.08. The summed E-state index contributed by atoms with van der Waals surface area (Å²) in [7, 11) is 3.96. The molecule has 2 fully saturated rings. The van der Waals surface area contributed by atoms with Crippen molar-refractivity contribution in [1.29, 1.82) is 0 Å². The number of anilines is 1. The van der Waals surface area contributed by atoms with Gasteiger partial charge in [0.1, 0.15) is 11.0 Å². The largest absolute Gasteiger partial charge is 0.348 e. The molecule has 6 nitrogen and oxygen atoms in total. The second-order valence-corrected chi connectivity index (χ2v) is 9.62. The van der Waals surface area contributed by atoms with Gasteiger partial charge in [0.15, 0.2) is 10.9 Å². The van der Waals surface area contributed by atoms with Crippen LogP contribution in [0, 0.1) is 5.82 Å². The number of aromatic nitrogens is 4. The zero-order valence-electron chi connectivity index (χ0n) is 17.0. The van der Waals surface area contributed by atoms with Gasteiger partial charge in [0.05, 0.1) is 16.6 Å². The Hall–Kier alpha value is -2.58. The molecule has 5 heterocycles. The van der Waals surface area contributed by atoms with Gasteiger partial charge in [0.25, 0.3) is 0 Å². The number of thiazole rings is 1. The summed E-state index contributed by atoms with van der Waals surface area (Å²) in [6, 6.07) is 7.31. The van der Waals surface area contributed by atoms with Crippen LogP contribution in [0.15, 0.2) is 30.6 Å². The number of pyridine rings is 1. The highest BCUT2D eigenvalue weighted by molar-refractivity contribution is 7.22. The van der Waals surface area contributed by atoms with Gasteiger partial charge in [-0.25, -0.2) is 9.37 Å². The number of benzene rings is 1.